The third kappa shape index (κ3) is 2.10. The number of nitrogen functional groups attached to an aromatic ring is 2. The molecule has 0 amide bonds. The van der Waals surface area contributed by atoms with Gasteiger partial charge in [0.15, 0.2) is 0 Å². The summed E-state index contributed by atoms with van der Waals surface area (Å²) >= 11 is 0. The molecular formula is C13H16N6. The smallest absolute Gasteiger partial charge is 0.222 e. The molecule has 0 fully saturated rings. The molecule has 1 atom stereocenters. The van der Waals surface area contributed by atoms with Crippen molar-refractivity contribution in [2.45, 2.75) is 26.1 Å². The van der Waals surface area contributed by atoms with E-state index >= 15 is 0 Å². The summed E-state index contributed by atoms with van der Waals surface area (Å²) in [5.74, 6) is 0.731. The summed E-state index contributed by atoms with van der Waals surface area (Å²) in [5.41, 5.74) is 14.7. The fraction of sp³-hybridized carbons (Fsp3) is 0.308. The van der Waals surface area contributed by atoms with Crippen LogP contribution in [0.4, 0.5) is 11.8 Å². The normalized spacial score (nSPS) is 18.5. The monoisotopic (exact) mass is 256 g/mol. The number of rotatable bonds is 2. The maximum atomic E-state index is 5.92. The first kappa shape index (κ1) is 11.9. The lowest BCUT2D eigenvalue weighted by molar-refractivity contribution is 0.218. The first-order chi connectivity index (χ1) is 9.15. The summed E-state index contributed by atoms with van der Waals surface area (Å²) in [6.45, 7) is 3.66. The summed E-state index contributed by atoms with van der Waals surface area (Å²) in [4.78, 5) is 14.8. The van der Waals surface area contributed by atoms with Gasteiger partial charge < -0.3 is 11.5 Å². The molecule has 1 unspecified atom stereocenters. The van der Waals surface area contributed by atoms with Crippen molar-refractivity contribution in [3.63, 3.8) is 0 Å². The Hall–Kier alpha value is -2.21. The molecule has 3 rings (SSSR count). The molecule has 2 aromatic heterocycles. The predicted molar refractivity (Wildman–Crippen MR) is 72.8 cm³/mol. The Balaban J connectivity index is 1.87. The highest BCUT2D eigenvalue weighted by molar-refractivity contribution is 5.48. The van der Waals surface area contributed by atoms with Crippen molar-refractivity contribution in [2.75, 3.05) is 11.5 Å². The molecule has 2 aromatic rings. The number of aromatic nitrogens is 3. The highest BCUT2D eigenvalue weighted by Crippen LogP contribution is 2.35. The third-order valence-corrected chi connectivity index (χ3v) is 3.50. The van der Waals surface area contributed by atoms with Crippen molar-refractivity contribution >= 4 is 11.8 Å². The van der Waals surface area contributed by atoms with Crippen LogP contribution in [0.5, 0.6) is 0 Å². The Morgan fingerprint density at radius 1 is 1.37 bits per heavy atom. The van der Waals surface area contributed by atoms with Gasteiger partial charge in [-0.05, 0) is 18.6 Å². The highest BCUT2D eigenvalue weighted by Gasteiger charge is 2.30. The van der Waals surface area contributed by atoms with Gasteiger partial charge in [-0.2, -0.15) is 4.98 Å². The average molecular weight is 256 g/mol. The minimum atomic E-state index is 0.183. The molecule has 0 saturated heterocycles. The molecule has 3 heterocycles. The molecule has 0 bridgehead atoms. The van der Waals surface area contributed by atoms with Crippen molar-refractivity contribution in [1.29, 1.82) is 0 Å². The lowest BCUT2D eigenvalue weighted by Gasteiger charge is -2.20. The van der Waals surface area contributed by atoms with Crippen LogP contribution in [0.25, 0.3) is 0 Å². The zero-order chi connectivity index (χ0) is 13.4. The van der Waals surface area contributed by atoms with Crippen LogP contribution < -0.4 is 11.5 Å². The molecule has 1 aliphatic heterocycles. The van der Waals surface area contributed by atoms with Gasteiger partial charge >= 0.3 is 0 Å². The van der Waals surface area contributed by atoms with Gasteiger partial charge in [0.1, 0.15) is 5.82 Å². The fourth-order valence-electron chi connectivity index (χ4n) is 2.48. The zero-order valence-corrected chi connectivity index (χ0v) is 10.7. The van der Waals surface area contributed by atoms with E-state index in [0.29, 0.717) is 5.82 Å². The molecule has 6 heteroatoms. The SMILES string of the molecule is CC1c2nc(N)nc(N)c2CN1Cc1cccnc1. The quantitative estimate of drug-likeness (QED) is 0.836. The van der Waals surface area contributed by atoms with E-state index in [1.165, 1.54) is 5.56 Å². The summed E-state index contributed by atoms with van der Waals surface area (Å²) < 4.78 is 0. The first-order valence-electron chi connectivity index (χ1n) is 6.20. The van der Waals surface area contributed by atoms with Crippen molar-refractivity contribution in [3.05, 3.63) is 41.3 Å². The van der Waals surface area contributed by atoms with Gasteiger partial charge in [-0.3, -0.25) is 9.88 Å². The van der Waals surface area contributed by atoms with Gasteiger partial charge in [-0.25, -0.2) is 4.98 Å². The van der Waals surface area contributed by atoms with E-state index in [1.807, 2.05) is 12.3 Å². The van der Waals surface area contributed by atoms with E-state index < -0.39 is 0 Å². The van der Waals surface area contributed by atoms with Crippen LogP contribution in [0.3, 0.4) is 0 Å². The molecule has 0 radical (unpaired) electrons. The summed E-state index contributed by atoms with van der Waals surface area (Å²) in [6, 6.07) is 4.18. The molecule has 4 N–H and O–H groups in total. The number of nitrogens with zero attached hydrogens (tertiary/aromatic N) is 4. The second-order valence-corrected chi connectivity index (χ2v) is 4.77. The lowest BCUT2D eigenvalue weighted by atomic mass is 10.2. The molecule has 98 valence electrons. The molecule has 6 nitrogen and oxygen atoms in total. The Labute approximate surface area is 111 Å². The van der Waals surface area contributed by atoms with Crippen LogP contribution >= 0.6 is 0 Å². The van der Waals surface area contributed by atoms with Crippen LogP contribution in [0.2, 0.25) is 0 Å². The van der Waals surface area contributed by atoms with Crippen molar-refractivity contribution < 1.29 is 0 Å². The second kappa shape index (κ2) is 4.47. The van der Waals surface area contributed by atoms with Gasteiger partial charge in [0.2, 0.25) is 5.95 Å². The molecular weight excluding hydrogens is 240 g/mol. The van der Waals surface area contributed by atoms with Crippen LogP contribution in [-0.4, -0.2) is 19.9 Å². The number of pyridine rings is 1. The van der Waals surface area contributed by atoms with Gasteiger partial charge in [-0.15, -0.1) is 0 Å². The zero-order valence-electron chi connectivity index (χ0n) is 10.7. The first-order valence-corrected chi connectivity index (χ1v) is 6.20. The van der Waals surface area contributed by atoms with Crippen molar-refractivity contribution in [1.82, 2.24) is 19.9 Å². The molecule has 0 aliphatic carbocycles. The lowest BCUT2D eigenvalue weighted by Crippen LogP contribution is -2.19. The van der Waals surface area contributed by atoms with E-state index in [0.717, 1.165) is 24.3 Å². The van der Waals surface area contributed by atoms with E-state index in [2.05, 4.69) is 32.8 Å². The molecule has 0 aromatic carbocycles. The van der Waals surface area contributed by atoms with Gasteiger partial charge in [0.05, 0.1) is 11.7 Å². The van der Waals surface area contributed by atoms with Crippen LogP contribution in [0, 0.1) is 0 Å². The number of hydrogen-bond acceptors (Lipinski definition) is 6. The van der Waals surface area contributed by atoms with E-state index in [-0.39, 0.29) is 12.0 Å². The minimum absolute atomic E-state index is 0.183. The van der Waals surface area contributed by atoms with Gasteiger partial charge in [0.25, 0.3) is 0 Å². The maximum absolute atomic E-state index is 5.92. The number of nitrogens with two attached hydrogens (primary N) is 2. The van der Waals surface area contributed by atoms with E-state index in [1.54, 1.807) is 6.20 Å². The maximum Gasteiger partial charge on any atom is 0.222 e. The molecule has 0 spiro atoms. The molecule has 19 heavy (non-hydrogen) atoms. The van der Waals surface area contributed by atoms with Crippen molar-refractivity contribution in [3.8, 4) is 0 Å². The Bertz CT molecular complexity index is 598. The number of hydrogen-bond donors (Lipinski definition) is 2. The highest BCUT2D eigenvalue weighted by atomic mass is 15.2. The van der Waals surface area contributed by atoms with Crippen LogP contribution in [0.1, 0.15) is 29.8 Å². The topological polar surface area (TPSA) is 93.9 Å². The van der Waals surface area contributed by atoms with Crippen molar-refractivity contribution in [2.24, 2.45) is 0 Å². The summed E-state index contributed by atoms with van der Waals surface area (Å²) in [7, 11) is 0. The number of fused-ring (bicyclic) bond motifs is 1. The Morgan fingerprint density at radius 3 is 2.95 bits per heavy atom. The second-order valence-electron chi connectivity index (χ2n) is 4.77. The summed E-state index contributed by atoms with van der Waals surface area (Å²) in [5, 5.41) is 0. The van der Waals surface area contributed by atoms with Gasteiger partial charge in [-0.1, -0.05) is 6.07 Å². The van der Waals surface area contributed by atoms with Crippen LogP contribution in [-0.2, 0) is 13.1 Å². The third-order valence-electron chi connectivity index (χ3n) is 3.50. The number of anilines is 2. The average Bonchev–Trinajstić information content (AvgIpc) is 2.69. The largest absolute Gasteiger partial charge is 0.383 e. The van der Waals surface area contributed by atoms with Gasteiger partial charge in [0, 0.05) is 31.0 Å². The Morgan fingerprint density at radius 2 is 2.21 bits per heavy atom. The molecule has 1 aliphatic rings. The molecule has 0 saturated carbocycles. The minimum Gasteiger partial charge on any atom is -0.383 e. The standard InChI is InChI=1S/C13H16N6/c1-8-11-10(12(14)18-13(15)17-11)7-19(8)6-9-3-2-4-16-5-9/h2-5,8H,6-7H2,1H3,(H4,14,15,17,18). The predicted octanol–water partition coefficient (Wildman–Crippen LogP) is 1.11. The summed E-state index contributed by atoms with van der Waals surface area (Å²) in [6.07, 6.45) is 3.65. The van der Waals surface area contributed by atoms with Crippen LogP contribution in [0.15, 0.2) is 24.5 Å². The Kier molecular flexibility index (Phi) is 2.79. The van der Waals surface area contributed by atoms with E-state index in [4.69, 9.17) is 11.5 Å². The fourth-order valence-corrected chi connectivity index (χ4v) is 2.48. The van der Waals surface area contributed by atoms with E-state index in [9.17, 15) is 0 Å².